The van der Waals surface area contributed by atoms with Gasteiger partial charge in [-0.1, -0.05) is 19.1 Å². The predicted molar refractivity (Wildman–Crippen MR) is 102 cm³/mol. The maximum absolute atomic E-state index is 12.1. The summed E-state index contributed by atoms with van der Waals surface area (Å²) in [6.07, 6.45) is 2.43. The highest BCUT2D eigenvalue weighted by Crippen LogP contribution is 2.30. The van der Waals surface area contributed by atoms with E-state index in [0.717, 1.165) is 6.42 Å². The number of ether oxygens (including phenoxy) is 3. The zero-order valence-electron chi connectivity index (χ0n) is 15.4. The van der Waals surface area contributed by atoms with E-state index in [1.807, 2.05) is 6.92 Å². The molecule has 3 rings (SSSR count). The van der Waals surface area contributed by atoms with Gasteiger partial charge in [0.15, 0.2) is 17.2 Å². The summed E-state index contributed by atoms with van der Waals surface area (Å²) in [7, 11) is 1.54. The van der Waals surface area contributed by atoms with Crippen molar-refractivity contribution in [1.82, 2.24) is 0 Å². The van der Waals surface area contributed by atoms with Gasteiger partial charge in [0.2, 0.25) is 5.90 Å². The number of cyclic esters (lactones) is 1. The molecule has 0 radical (unpaired) electrons. The van der Waals surface area contributed by atoms with Crippen LogP contribution in [0.3, 0.4) is 0 Å². The molecule has 2 aromatic rings. The third-order valence-electron chi connectivity index (χ3n) is 3.88. The Hall–Kier alpha value is -3.68. The fourth-order valence-electron chi connectivity index (χ4n) is 2.55. The molecule has 8 nitrogen and oxygen atoms in total. The van der Waals surface area contributed by atoms with Crippen LogP contribution in [0.25, 0.3) is 6.08 Å². The van der Waals surface area contributed by atoms with Crippen molar-refractivity contribution in [1.29, 1.82) is 0 Å². The molecule has 0 amide bonds. The lowest BCUT2D eigenvalue weighted by Gasteiger charge is -2.10. The zero-order valence-corrected chi connectivity index (χ0v) is 15.4. The molecular formula is C20H18N2O6. The van der Waals surface area contributed by atoms with Gasteiger partial charge in [-0.2, -0.15) is 0 Å². The number of nitrogens with zero attached hydrogens (tertiary/aromatic N) is 2. The lowest BCUT2D eigenvalue weighted by Crippen LogP contribution is -2.05. The second kappa shape index (κ2) is 8.34. The summed E-state index contributed by atoms with van der Waals surface area (Å²) in [5.41, 5.74) is 1.01. The van der Waals surface area contributed by atoms with E-state index in [-0.39, 0.29) is 17.3 Å². The Morgan fingerprint density at radius 1 is 1.21 bits per heavy atom. The molecule has 0 unspecified atom stereocenters. The summed E-state index contributed by atoms with van der Waals surface area (Å²) in [5, 5.41) is 10.9. The number of carbonyl (C=O) groups excluding carboxylic acids is 1. The van der Waals surface area contributed by atoms with Crippen molar-refractivity contribution in [2.45, 2.75) is 13.3 Å². The van der Waals surface area contributed by atoms with Gasteiger partial charge >= 0.3 is 5.97 Å². The van der Waals surface area contributed by atoms with Crippen molar-refractivity contribution < 1.29 is 23.9 Å². The van der Waals surface area contributed by atoms with Crippen LogP contribution in [-0.4, -0.2) is 30.5 Å². The molecule has 0 saturated carbocycles. The van der Waals surface area contributed by atoms with Crippen LogP contribution in [-0.2, 0) is 9.53 Å². The van der Waals surface area contributed by atoms with Gasteiger partial charge in [-0.15, -0.1) is 0 Å². The van der Waals surface area contributed by atoms with Gasteiger partial charge in [-0.05, 0) is 36.3 Å². The van der Waals surface area contributed by atoms with Gasteiger partial charge in [0, 0.05) is 17.7 Å². The van der Waals surface area contributed by atoms with Gasteiger partial charge in [0.05, 0.1) is 18.6 Å². The summed E-state index contributed by atoms with van der Waals surface area (Å²) in [4.78, 5) is 26.7. The van der Waals surface area contributed by atoms with Crippen molar-refractivity contribution in [3.8, 4) is 11.5 Å². The van der Waals surface area contributed by atoms with Gasteiger partial charge in [-0.3, -0.25) is 10.1 Å². The number of hydrogen-bond donors (Lipinski definition) is 0. The van der Waals surface area contributed by atoms with Gasteiger partial charge < -0.3 is 14.2 Å². The standard InChI is InChI=1S/C20H18N2O6/c1-3-9-27-17-8-7-13(11-18(17)26-2)10-16-20(23)28-19(21-16)14-5-4-6-15(12-14)22(24)25/h4-8,10-12H,3,9H2,1-2H3. The van der Waals surface area contributed by atoms with Crippen LogP contribution in [0.4, 0.5) is 5.69 Å². The van der Waals surface area contributed by atoms with Crippen LogP contribution in [0.1, 0.15) is 24.5 Å². The minimum absolute atomic E-state index is 0.0230. The number of benzene rings is 2. The normalized spacial score (nSPS) is 14.6. The van der Waals surface area contributed by atoms with Crippen molar-refractivity contribution in [3.05, 3.63) is 69.4 Å². The number of nitro groups is 1. The number of carbonyl (C=O) groups is 1. The first-order valence-electron chi connectivity index (χ1n) is 8.60. The number of esters is 1. The molecule has 0 spiro atoms. The highest BCUT2D eigenvalue weighted by molar-refractivity contribution is 6.13. The molecule has 0 fully saturated rings. The van der Waals surface area contributed by atoms with Crippen LogP contribution < -0.4 is 9.47 Å². The molecule has 0 saturated heterocycles. The Kier molecular flexibility index (Phi) is 5.69. The Labute approximate surface area is 161 Å². The third kappa shape index (κ3) is 4.17. The average Bonchev–Trinajstić information content (AvgIpc) is 3.07. The Bertz CT molecular complexity index is 980. The number of hydrogen-bond acceptors (Lipinski definition) is 7. The Morgan fingerprint density at radius 3 is 2.75 bits per heavy atom. The topological polar surface area (TPSA) is 100 Å². The van der Waals surface area contributed by atoms with Crippen LogP contribution in [0.5, 0.6) is 11.5 Å². The smallest absolute Gasteiger partial charge is 0.363 e. The lowest BCUT2D eigenvalue weighted by molar-refractivity contribution is -0.384. The molecule has 2 aromatic carbocycles. The first-order valence-corrected chi connectivity index (χ1v) is 8.60. The number of aliphatic imine (C=N–C) groups is 1. The van der Waals surface area contributed by atoms with E-state index in [0.29, 0.717) is 29.2 Å². The van der Waals surface area contributed by atoms with E-state index in [1.165, 1.54) is 25.3 Å². The molecule has 0 aromatic heterocycles. The minimum atomic E-state index is -0.633. The van der Waals surface area contributed by atoms with E-state index < -0.39 is 10.9 Å². The number of rotatable bonds is 7. The fraction of sp³-hybridized carbons (Fsp3) is 0.200. The van der Waals surface area contributed by atoms with Crippen molar-refractivity contribution in [2.75, 3.05) is 13.7 Å². The summed E-state index contributed by atoms with van der Waals surface area (Å²) < 4.78 is 16.1. The monoisotopic (exact) mass is 382 g/mol. The van der Waals surface area contributed by atoms with Gasteiger partial charge in [0.1, 0.15) is 0 Å². The maximum atomic E-state index is 12.1. The minimum Gasteiger partial charge on any atom is -0.493 e. The fourth-order valence-corrected chi connectivity index (χ4v) is 2.55. The molecule has 1 heterocycles. The molecule has 8 heteroatoms. The highest BCUT2D eigenvalue weighted by atomic mass is 16.6. The first kappa shape index (κ1) is 19.1. The number of methoxy groups -OCH3 is 1. The molecule has 0 aliphatic carbocycles. The van der Waals surface area contributed by atoms with E-state index in [2.05, 4.69) is 4.99 Å². The molecule has 0 bridgehead atoms. The van der Waals surface area contributed by atoms with Crippen LogP contribution in [0, 0.1) is 10.1 Å². The second-order valence-corrected chi connectivity index (χ2v) is 5.90. The second-order valence-electron chi connectivity index (χ2n) is 5.90. The van der Waals surface area contributed by atoms with Crippen molar-refractivity contribution >= 4 is 23.6 Å². The van der Waals surface area contributed by atoms with Crippen LogP contribution >= 0.6 is 0 Å². The summed E-state index contributed by atoms with van der Waals surface area (Å²) in [6.45, 7) is 2.58. The lowest BCUT2D eigenvalue weighted by atomic mass is 10.1. The molecule has 0 atom stereocenters. The van der Waals surface area contributed by atoms with E-state index >= 15 is 0 Å². The van der Waals surface area contributed by atoms with Crippen molar-refractivity contribution in [2.24, 2.45) is 4.99 Å². The third-order valence-corrected chi connectivity index (χ3v) is 3.88. The van der Waals surface area contributed by atoms with Crippen LogP contribution in [0.2, 0.25) is 0 Å². The highest BCUT2D eigenvalue weighted by Gasteiger charge is 2.25. The summed E-state index contributed by atoms with van der Waals surface area (Å²) >= 11 is 0. The molecule has 28 heavy (non-hydrogen) atoms. The zero-order chi connectivity index (χ0) is 20.1. The Balaban J connectivity index is 1.89. The number of nitro benzene ring substituents is 1. The molecule has 1 aliphatic rings. The number of non-ortho nitro benzene ring substituents is 1. The Morgan fingerprint density at radius 2 is 2.04 bits per heavy atom. The predicted octanol–water partition coefficient (Wildman–Crippen LogP) is 3.74. The summed E-state index contributed by atoms with van der Waals surface area (Å²) in [6, 6.07) is 11.0. The first-order chi connectivity index (χ1) is 13.5. The molecule has 1 aliphatic heterocycles. The summed E-state index contributed by atoms with van der Waals surface area (Å²) in [5.74, 6) is 0.542. The van der Waals surface area contributed by atoms with Gasteiger partial charge in [0.25, 0.3) is 5.69 Å². The van der Waals surface area contributed by atoms with E-state index in [4.69, 9.17) is 14.2 Å². The van der Waals surface area contributed by atoms with Crippen molar-refractivity contribution in [3.63, 3.8) is 0 Å². The van der Waals surface area contributed by atoms with Crippen LogP contribution in [0.15, 0.2) is 53.2 Å². The largest absolute Gasteiger partial charge is 0.493 e. The quantitative estimate of drug-likeness (QED) is 0.313. The van der Waals surface area contributed by atoms with E-state index in [1.54, 1.807) is 30.3 Å². The molecule has 0 N–H and O–H groups in total. The molecular weight excluding hydrogens is 364 g/mol. The SMILES string of the molecule is CCCOc1ccc(C=C2N=C(c3cccc([N+](=O)[O-])c3)OC2=O)cc1OC. The van der Waals surface area contributed by atoms with E-state index in [9.17, 15) is 14.9 Å². The van der Waals surface area contributed by atoms with Gasteiger partial charge in [-0.25, -0.2) is 9.79 Å². The maximum Gasteiger partial charge on any atom is 0.363 e. The molecule has 144 valence electrons. The average molecular weight is 382 g/mol.